The maximum Gasteiger partial charge on any atom is 0.435 e. The number of nitro benzene ring substituents is 1. The van der Waals surface area contributed by atoms with Crippen LogP contribution in [0.4, 0.5) is 18.9 Å². The molecule has 0 unspecified atom stereocenters. The fraction of sp³-hybridized carbons (Fsp3) is 0.182. The fourth-order valence-electron chi connectivity index (χ4n) is 1.64. The van der Waals surface area contributed by atoms with Crippen molar-refractivity contribution in [3.8, 4) is 5.69 Å². The van der Waals surface area contributed by atoms with E-state index in [4.69, 9.17) is 5.11 Å². The Balaban J connectivity index is 2.43. The summed E-state index contributed by atoms with van der Waals surface area (Å²) in [7, 11) is 0. The van der Waals surface area contributed by atoms with E-state index in [0.717, 1.165) is 23.0 Å². The van der Waals surface area contributed by atoms with Crippen molar-refractivity contribution < 1.29 is 23.2 Å². The lowest BCUT2D eigenvalue weighted by atomic mass is 10.1. The Hall–Kier alpha value is -2.42. The van der Waals surface area contributed by atoms with Gasteiger partial charge in [0.05, 0.1) is 22.8 Å². The van der Waals surface area contributed by atoms with Gasteiger partial charge in [0.15, 0.2) is 5.69 Å². The molecule has 106 valence electrons. The summed E-state index contributed by atoms with van der Waals surface area (Å²) in [6.07, 6.45) is -3.48. The first-order valence-corrected chi connectivity index (χ1v) is 5.34. The minimum Gasteiger partial charge on any atom is -0.391 e. The Bertz CT molecular complexity index is 652. The van der Waals surface area contributed by atoms with Crippen LogP contribution in [0.15, 0.2) is 30.5 Å². The van der Waals surface area contributed by atoms with Gasteiger partial charge in [0.1, 0.15) is 0 Å². The first-order chi connectivity index (χ1) is 9.32. The normalized spacial score (nSPS) is 11.6. The highest BCUT2D eigenvalue weighted by atomic mass is 19.4. The monoisotopic (exact) mass is 287 g/mol. The van der Waals surface area contributed by atoms with Crippen LogP contribution in [0.3, 0.4) is 0 Å². The van der Waals surface area contributed by atoms with Crippen LogP contribution in [0.5, 0.6) is 0 Å². The molecule has 1 aromatic carbocycles. The highest BCUT2D eigenvalue weighted by molar-refractivity contribution is 5.47. The number of alkyl halides is 3. The van der Waals surface area contributed by atoms with Gasteiger partial charge in [0.25, 0.3) is 5.69 Å². The van der Waals surface area contributed by atoms with Crippen LogP contribution < -0.4 is 0 Å². The zero-order valence-corrected chi connectivity index (χ0v) is 9.83. The van der Waals surface area contributed by atoms with Crippen LogP contribution in [0.2, 0.25) is 0 Å². The lowest BCUT2D eigenvalue weighted by Crippen LogP contribution is -2.07. The van der Waals surface area contributed by atoms with Gasteiger partial charge in [-0.15, -0.1) is 0 Å². The molecule has 2 rings (SSSR count). The number of benzene rings is 1. The second-order valence-electron chi connectivity index (χ2n) is 3.87. The Labute approximate surface area is 110 Å². The van der Waals surface area contributed by atoms with Gasteiger partial charge in [-0.25, -0.2) is 4.68 Å². The molecule has 0 fully saturated rings. The number of aromatic nitrogens is 2. The molecule has 0 bridgehead atoms. The van der Waals surface area contributed by atoms with Crippen molar-refractivity contribution in [2.24, 2.45) is 0 Å². The van der Waals surface area contributed by atoms with Crippen LogP contribution in [0.25, 0.3) is 5.69 Å². The quantitative estimate of drug-likeness (QED) is 0.693. The van der Waals surface area contributed by atoms with Crippen molar-refractivity contribution >= 4 is 5.69 Å². The largest absolute Gasteiger partial charge is 0.435 e. The van der Waals surface area contributed by atoms with Crippen LogP contribution in [0.1, 0.15) is 11.3 Å². The predicted molar refractivity (Wildman–Crippen MR) is 61.1 cm³/mol. The Morgan fingerprint density at radius 3 is 2.55 bits per heavy atom. The van der Waals surface area contributed by atoms with Crippen molar-refractivity contribution in [2.75, 3.05) is 0 Å². The average molecular weight is 287 g/mol. The standard InChI is InChI=1S/C11H8F3N3O3/c12-11(13,14)10-3-4-16(15-10)8-1-2-9(17(19)20)7(5-8)6-18/h1-5,18H,6H2. The van der Waals surface area contributed by atoms with E-state index in [-0.39, 0.29) is 16.9 Å². The van der Waals surface area contributed by atoms with E-state index in [1.807, 2.05) is 0 Å². The zero-order valence-electron chi connectivity index (χ0n) is 9.83. The molecule has 0 saturated carbocycles. The zero-order chi connectivity index (χ0) is 14.9. The van der Waals surface area contributed by atoms with Crippen LogP contribution in [-0.4, -0.2) is 19.8 Å². The average Bonchev–Trinajstić information content (AvgIpc) is 2.87. The molecule has 0 aliphatic carbocycles. The third kappa shape index (κ3) is 2.62. The SMILES string of the molecule is O=[N+]([O-])c1ccc(-n2ccc(C(F)(F)F)n2)cc1CO. The number of hydrogen-bond donors (Lipinski definition) is 1. The van der Waals surface area contributed by atoms with Gasteiger partial charge >= 0.3 is 6.18 Å². The summed E-state index contributed by atoms with van der Waals surface area (Å²) in [5.74, 6) is 0. The molecule has 2 aromatic rings. The Kier molecular flexibility index (Phi) is 3.45. The van der Waals surface area contributed by atoms with E-state index in [0.29, 0.717) is 0 Å². The minimum absolute atomic E-state index is 0.00319. The van der Waals surface area contributed by atoms with Crippen molar-refractivity contribution in [3.05, 3.63) is 51.8 Å². The van der Waals surface area contributed by atoms with Crippen molar-refractivity contribution in [2.45, 2.75) is 12.8 Å². The van der Waals surface area contributed by atoms with Crippen LogP contribution in [0, 0.1) is 10.1 Å². The first kappa shape index (κ1) is 14.0. The summed E-state index contributed by atoms with van der Waals surface area (Å²) in [4.78, 5) is 10.0. The van der Waals surface area contributed by atoms with E-state index >= 15 is 0 Å². The topological polar surface area (TPSA) is 81.2 Å². The molecule has 0 spiro atoms. The molecule has 0 amide bonds. The van der Waals surface area contributed by atoms with E-state index in [1.165, 1.54) is 12.1 Å². The highest BCUT2D eigenvalue weighted by Crippen LogP contribution is 2.28. The van der Waals surface area contributed by atoms with Crippen LogP contribution >= 0.6 is 0 Å². The number of aliphatic hydroxyl groups is 1. The highest BCUT2D eigenvalue weighted by Gasteiger charge is 2.33. The lowest BCUT2D eigenvalue weighted by Gasteiger charge is -2.05. The van der Waals surface area contributed by atoms with Crippen molar-refractivity contribution in [1.82, 2.24) is 9.78 Å². The summed E-state index contributed by atoms with van der Waals surface area (Å²) in [5, 5.41) is 23.1. The molecule has 1 aromatic heterocycles. The summed E-state index contributed by atoms with van der Waals surface area (Å²) in [5.41, 5.74) is -1.19. The Morgan fingerprint density at radius 2 is 2.05 bits per heavy atom. The molecule has 0 aliphatic rings. The molecule has 1 N–H and O–H groups in total. The second-order valence-corrected chi connectivity index (χ2v) is 3.87. The molecule has 1 heterocycles. The smallest absolute Gasteiger partial charge is 0.391 e. The molecular formula is C11H8F3N3O3. The number of aliphatic hydroxyl groups excluding tert-OH is 1. The molecule has 6 nitrogen and oxygen atoms in total. The minimum atomic E-state index is -4.56. The van der Waals surface area contributed by atoms with Crippen molar-refractivity contribution in [3.63, 3.8) is 0 Å². The molecular weight excluding hydrogens is 279 g/mol. The summed E-state index contributed by atoms with van der Waals surface area (Å²) >= 11 is 0. The van der Waals surface area contributed by atoms with E-state index < -0.39 is 23.4 Å². The maximum atomic E-state index is 12.4. The fourth-order valence-corrected chi connectivity index (χ4v) is 1.64. The first-order valence-electron chi connectivity index (χ1n) is 5.34. The molecule has 9 heteroatoms. The summed E-state index contributed by atoms with van der Waals surface area (Å²) < 4.78 is 38.2. The number of nitro groups is 1. The van der Waals surface area contributed by atoms with Gasteiger partial charge < -0.3 is 5.11 Å². The number of nitrogens with zero attached hydrogens (tertiary/aromatic N) is 3. The van der Waals surface area contributed by atoms with Crippen molar-refractivity contribution in [1.29, 1.82) is 0 Å². The van der Waals surface area contributed by atoms with Gasteiger partial charge in [-0.05, 0) is 18.2 Å². The lowest BCUT2D eigenvalue weighted by molar-refractivity contribution is -0.385. The molecule has 0 radical (unpaired) electrons. The third-order valence-electron chi connectivity index (χ3n) is 2.57. The predicted octanol–water partition coefficient (Wildman–Crippen LogP) is 2.29. The van der Waals surface area contributed by atoms with Crippen LogP contribution in [-0.2, 0) is 12.8 Å². The number of hydrogen-bond acceptors (Lipinski definition) is 4. The van der Waals surface area contributed by atoms with E-state index in [1.54, 1.807) is 0 Å². The second kappa shape index (κ2) is 4.93. The molecule has 0 atom stereocenters. The van der Waals surface area contributed by atoms with Gasteiger partial charge in [0.2, 0.25) is 0 Å². The maximum absolute atomic E-state index is 12.4. The third-order valence-corrected chi connectivity index (χ3v) is 2.57. The molecule has 0 aliphatic heterocycles. The molecule has 20 heavy (non-hydrogen) atoms. The number of rotatable bonds is 3. The number of halogens is 3. The summed E-state index contributed by atoms with van der Waals surface area (Å²) in [6, 6.07) is 4.37. The van der Waals surface area contributed by atoms with Gasteiger partial charge in [-0.1, -0.05) is 0 Å². The Morgan fingerprint density at radius 1 is 1.35 bits per heavy atom. The van der Waals surface area contributed by atoms with Gasteiger partial charge in [-0.2, -0.15) is 18.3 Å². The van der Waals surface area contributed by atoms with Gasteiger partial charge in [-0.3, -0.25) is 10.1 Å². The van der Waals surface area contributed by atoms with E-state index in [2.05, 4.69) is 5.10 Å². The summed E-state index contributed by atoms with van der Waals surface area (Å²) in [6.45, 7) is -0.600. The van der Waals surface area contributed by atoms with E-state index in [9.17, 15) is 23.3 Å². The molecule has 0 saturated heterocycles. The van der Waals surface area contributed by atoms with Gasteiger partial charge in [0, 0.05) is 12.3 Å².